The normalized spacial score (nSPS) is 11.3. The van der Waals surface area contributed by atoms with Gasteiger partial charge in [0.1, 0.15) is 5.75 Å². The molecule has 0 aliphatic heterocycles. The van der Waals surface area contributed by atoms with E-state index in [-0.39, 0.29) is 0 Å². The summed E-state index contributed by atoms with van der Waals surface area (Å²) in [4.78, 5) is 9.43. The molecule has 4 aromatic carbocycles. The molecule has 0 bridgehead atoms. The number of ether oxygens (including phenoxy) is 1. The zero-order valence-corrected chi connectivity index (χ0v) is 17.6. The molecule has 0 unspecified atom stereocenters. The van der Waals surface area contributed by atoms with Crippen LogP contribution in [0.25, 0.3) is 55.0 Å². The van der Waals surface area contributed by atoms with Gasteiger partial charge < -0.3 is 4.74 Å². The van der Waals surface area contributed by atoms with Gasteiger partial charge in [-0.15, -0.1) is 0 Å². The summed E-state index contributed by atoms with van der Waals surface area (Å²) in [6.07, 6.45) is 1.79. The van der Waals surface area contributed by atoms with Crippen LogP contribution in [-0.4, -0.2) is 17.1 Å². The summed E-state index contributed by atoms with van der Waals surface area (Å²) in [6.45, 7) is 0. The molecule has 0 radical (unpaired) electrons. The molecular weight excluding hydrogens is 392 g/mol. The molecule has 0 aliphatic carbocycles. The molecule has 32 heavy (non-hydrogen) atoms. The second-order valence-corrected chi connectivity index (χ2v) is 7.82. The van der Waals surface area contributed by atoms with E-state index in [9.17, 15) is 0 Å². The average molecular weight is 412 g/mol. The maximum atomic E-state index is 5.38. The highest BCUT2D eigenvalue weighted by atomic mass is 16.5. The van der Waals surface area contributed by atoms with Crippen LogP contribution in [0, 0.1) is 0 Å². The lowest BCUT2D eigenvalue weighted by Crippen LogP contribution is -1.93. The monoisotopic (exact) mass is 412 g/mol. The minimum Gasteiger partial charge on any atom is -0.497 e. The van der Waals surface area contributed by atoms with Crippen molar-refractivity contribution in [2.24, 2.45) is 0 Å². The van der Waals surface area contributed by atoms with E-state index in [1.165, 1.54) is 27.1 Å². The number of hydrogen-bond acceptors (Lipinski definition) is 3. The van der Waals surface area contributed by atoms with Gasteiger partial charge in [0.05, 0.1) is 12.8 Å². The topological polar surface area (TPSA) is 35.0 Å². The predicted molar refractivity (Wildman–Crippen MR) is 132 cm³/mol. The minimum absolute atomic E-state index is 0.761. The van der Waals surface area contributed by atoms with Crippen molar-refractivity contribution >= 4 is 32.6 Å². The number of methoxy groups -OCH3 is 1. The van der Waals surface area contributed by atoms with Gasteiger partial charge in [-0.3, -0.25) is 0 Å². The summed E-state index contributed by atoms with van der Waals surface area (Å²) in [7, 11) is 1.69. The first-order valence-corrected chi connectivity index (χ1v) is 10.6. The molecule has 0 atom stereocenters. The molecule has 0 spiro atoms. The third kappa shape index (κ3) is 2.90. The lowest BCUT2D eigenvalue weighted by Gasteiger charge is -2.17. The van der Waals surface area contributed by atoms with Crippen LogP contribution in [0.3, 0.4) is 0 Å². The maximum absolute atomic E-state index is 5.38. The largest absolute Gasteiger partial charge is 0.497 e. The zero-order chi connectivity index (χ0) is 21.5. The fourth-order valence-corrected chi connectivity index (χ4v) is 4.57. The number of pyridine rings is 2. The van der Waals surface area contributed by atoms with Gasteiger partial charge in [-0.2, -0.15) is 0 Å². The van der Waals surface area contributed by atoms with Gasteiger partial charge in [0.15, 0.2) is 5.65 Å². The Bertz CT molecular complexity index is 1550. The highest BCUT2D eigenvalue weighted by molar-refractivity contribution is 6.21. The first-order chi connectivity index (χ1) is 15.8. The summed E-state index contributed by atoms with van der Waals surface area (Å²) in [6, 6.07) is 33.7. The van der Waals surface area contributed by atoms with Crippen LogP contribution in [0.4, 0.5) is 0 Å². The van der Waals surface area contributed by atoms with Gasteiger partial charge in [0, 0.05) is 17.1 Å². The van der Waals surface area contributed by atoms with Crippen molar-refractivity contribution in [1.29, 1.82) is 0 Å². The Morgan fingerprint density at radius 3 is 1.84 bits per heavy atom. The van der Waals surface area contributed by atoms with Crippen molar-refractivity contribution in [1.82, 2.24) is 9.97 Å². The van der Waals surface area contributed by atoms with E-state index in [2.05, 4.69) is 77.8 Å². The van der Waals surface area contributed by atoms with Crippen LogP contribution < -0.4 is 4.74 Å². The van der Waals surface area contributed by atoms with Crippen LogP contribution in [0.15, 0.2) is 103 Å². The lowest BCUT2D eigenvalue weighted by atomic mass is 9.87. The molecule has 0 fully saturated rings. The fraction of sp³-hybridized carbons (Fsp3) is 0.0345. The smallest absolute Gasteiger partial charge is 0.159 e. The molecular formula is C29H20N2O. The van der Waals surface area contributed by atoms with Crippen molar-refractivity contribution in [3.63, 3.8) is 0 Å². The molecule has 0 aliphatic rings. The maximum Gasteiger partial charge on any atom is 0.159 e. The Hall–Kier alpha value is -4.24. The summed E-state index contributed by atoms with van der Waals surface area (Å²) in [5.74, 6) is 0.854. The first kappa shape index (κ1) is 18.5. The zero-order valence-electron chi connectivity index (χ0n) is 17.6. The first-order valence-electron chi connectivity index (χ1n) is 10.6. The van der Waals surface area contributed by atoms with Gasteiger partial charge in [-0.1, -0.05) is 60.7 Å². The molecule has 0 N–H and O–H groups in total. The Morgan fingerprint density at radius 2 is 1.22 bits per heavy atom. The third-order valence-corrected chi connectivity index (χ3v) is 6.03. The predicted octanol–water partition coefficient (Wildman–Crippen LogP) is 7.28. The molecule has 0 saturated heterocycles. The molecule has 0 amide bonds. The van der Waals surface area contributed by atoms with Crippen molar-refractivity contribution in [3.05, 3.63) is 103 Å². The molecule has 6 aromatic rings. The number of nitrogens with zero attached hydrogens (tertiary/aromatic N) is 2. The van der Waals surface area contributed by atoms with E-state index in [1.54, 1.807) is 13.3 Å². The molecule has 3 heteroatoms. The highest BCUT2D eigenvalue weighted by Gasteiger charge is 2.17. The molecule has 2 aromatic heterocycles. The van der Waals surface area contributed by atoms with Gasteiger partial charge in [0.25, 0.3) is 0 Å². The SMILES string of the molecule is COc1ccc(-c2c3ccccc3c(-c3ccc4cccnc4n3)c3ccccc23)cc1. The van der Waals surface area contributed by atoms with E-state index < -0.39 is 0 Å². The Kier molecular flexibility index (Phi) is 4.32. The molecule has 6 rings (SSSR count). The van der Waals surface area contributed by atoms with Crippen molar-refractivity contribution in [2.45, 2.75) is 0 Å². The summed E-state index contributed by atoms with van der Waals surface area (Å²) >= 11 is 0. The van der Waals surface area contributed by atoms with E-state index in [4.69, 9.17) is 9.72 Å². The van der Waals surface area contributed by atoms with Crippen LogP contribution in [0.1, 0.15) is 0 Å². The van der Waals surface area contributed by atoms with E-state index in [0.717, 1.165) is 33.6 Å². The molecule has 0 saturated carbocycles. The second kappa shape index (κ2) is 7.47. The lowest BCUT2D eigenvalue weighted by molar-refractivity contribution is 0.415. The summed E-state index contributed by atoms with van der Waals surface area (Å²) in [5, 5.41) is 5.81. The van der Waals surface area contributed by atoms with Crippen molar-refractivity contribution in [2.75, 3.05) is 7.11 Å². The fourth-order valence-electron chi connectivity index (χ4n) is 4.57. The highest BCUT2D eigenvalue weighted by Crippen LogP contribution is 2.43. The number of aromatic nitrogens is 2. The minimum atomic E-state index is 0.761. The summed E-state index contributed by atoms with van der Waals surface area (Å²) in [5.41, 5.74) is 5.22. The van der Waals surface area contributed by atoms with Gasteiger partial charge in [-0.25, -0.2) is 9.97 Å². The van der Waals surface area contributed by atoms with E-state index >= 15 is 0 Å². The number of rotatable bonds is 3. The number of hydrogen-bond donors (Lipinski definition) is 0. The van der Waals surface area contributed by atoms with Crippen LogP contribution in [0.2, 0.25) is 0 Å². The third-order valence-electron chi connectivity index (χ3n) is 6.03. The van der Waals surface area contributed by atoms with Crippen LogP contribution >= 0.6 is 0 Å². The number of fused-ring (bicyclic) bond motifs is 3. The molecule has 3 nitrogen and oxygen atoms in total. The number of benzene rings is 4. The second-order valence-electron chi connectivity index (χ2n) is 7.82. The van der Waals surface area contributed by atoms with Crippen molar-refractivity contribution in [3.8, 4) is 28.1 Å². The van der Waals surface area contributed by atoms with Gasteiger partial charge in [0.2, 0.25) is 0 Å². The Balaban J connectivity index is 1.73. The summed E-state index contributed by atoms with van der Waals surface area (Å²) < 4.78 is 5.38. The standard InChI is InChI=1S/C29H20N2O/c1-32-21-15-12-19(13-16-21)27-22-8-2-4-10-24(22)28(25-11-5-3-9-23(25)27)26-17-14-20-7-6-18-30-29(20)31-26/h2-18H,1H3. The van der Waals surface area contributed by atoms with Gasteiger partial charge >= 0.3 is 0 Å². The van der Waals surface area contributed by atoms with E-state index in [0.29, 0.717) is 0 Å². The van der Waals surface area contributed by atoms with Crippen LogP contribution in [-0.2, 0) is 0 Å². The van der Waals surface area contributed by atoms with E-state index in [1.807, 2.05) is 24.3 Å². The average Bonchev–Trinajstić information content (AvgIpc) is 2.87. The van der Waals surface area contributed by atoms with Crippen molar-refractivity contribution < 1.29 is 4.74 Å². The van der Waals surface area contributed by atoms with Crippen LogP contribution in [0.5, 0.6) is 5.75 Å². The Morgan fingerprint density at radius 1 is 0.594 bits per heavy atom. The Labute approximate surface area is 186 Å². The molecule has 2 heterocycles. The quantitative estimate of drug-likeness (QED) is 0.287. The van der Waals surface area contributed by atoms with Gasteiger partial charge in [-0.05, 0) is 69.1 Å². The molecule has 152 valence electrons.